The molecule has 0 aliphatic heterocycles. The quantitative estimate of drug-likeness (QED) is 0.611. The van der Waals surface area contributed by atoms with Gasteiger partial charge in [-0.05, 0) is 19.9 Å². The number of thiocarbonyl (C=S) groups is 1. The van der Waals surface area contributed by atoms with Crippen LogP contribution in [0, 0.1) is 5.92 Å². The fraction of sp³-hybridized carbons (Fsp3) is 0.875. The molecule has 2 nitrogen and oxygen atoms in total. The molecule has 1 rings (SSSR count). The molecule has 1 saturated carbocycles. The van der Waals surface area contributed by atoms with Gasteiger partial charge in [0.1, 0.15) is 0 Å². The number of hydrogen-bond donors (Lipinski definition) is 2. The van der Waals surface area contributed by atoms with Gasteiger partial charge in [0, 0.05) is 12.0 Å². The van der Waals surface area contributed by atoms with Crippen LogP contribution in [0.25, 0.3) is 0 Å². The Morgan fingerprint density at radius 2 is 2.09 bits per heavy atom. The summed E-state index contributed by atoms with van der Waals surface area (Å²) in [6, 6.07) is 0.529. The van der Waals surface area contributed by atoms with E-state index in [4.69, 9.17) is 18.0 Å². The highest BCUT2D eigenvalue weighted by Crippen LogP contribution is 2.24. The maximum Gasteiger partial charge on any atom is 0.0774 e. The van der Waals surface area contributed by atoms with Crippen molar-refractivity contribution in [2.75, 3.05) is 7.05 Å². The fourth-order valence-electron chi connectivity index (χ4n) is 1.82. The van der Waals surface area contributed by atoms with Gasteiger partial charge in [-0.3, -0.25) is 0 Å². The molecule has 0 aromatic rings. The van der Waals surface area contributed by atoms with Gasteiger partial charge in [0.05, 0.1) is 4.99 Å². The summed E-state index contributed by atoms with van der Waals surface area (Å²) >= 11 is 5.00. The second-order valence-corrected chi connectivity index (χ2v) is 3.66. The lowest BCUT2D eigenvalue weighted by molar-refractivity contribution is 0.340. The van der Waals surface area contributed by atoms with Crippen molar-refractivity contribution in [1.29, 1.82) is 0 Å². The third-order valence-corrected chi connectivity index (χ3v) is 2.80. The second kappa shape index (κ2) is 4.02. The second-order valence-electron chi connectivity index (χ2n) is 3.19. The maximum atomic E-state index is 5.62. The predicted molar refractivity (Wildman–Crippen MR) is 51.6 cm³/mol. The first-order chi connectivity index (χ1) is 5.25. The van der Waals surface area contributed by atoms with Gasteiger partial charge in [0.15, 0.2) is 0 Å². The summed E-state index contributed by atoms with van der Waals surface area (Å²) in [6.45, 7) is 0. The predicted octanol–water partition coefficient (Wildman–Crippen LogP) is 1.05. The van der Waals surface area contributed by atoms with Gasteiger partial charge in [-0.1, -0.05) is 25.1 Å². The van der Waals surface area contributed by atoms with E-state index in [2.05, 4.69) is 5.32 Å². The highest BCUT2D eigenvalue weighted by Gasteiger charge is 2.25. The summed E-state index contributed by atoms with van der Waals surface area (Å²) < 4.78 is 0. The van der Waals surface area contributed by atoms with Gasteiger partial charge in [0.2, 0.25) is 0 Å². The van der Waals surface area contributed by atoms with E-state index in [1.54, 1.807) is 0 Å². The molecule has 1 aliphatic rings. The SMILES string of the molecule is CN[C@H]1CCCC[C@@H]1C(N)=S. The Labute approximate surface area is 73.5 Å². The highest BCUT2D eigenvalue weighted by atomic mass is 32.1. The highest BCUT2D eigenvalue weighted by molar-refractivity contribution is 7.80. The van der Waals surface area contributed by atoms with Crippen molar-refractivity contribution in [3.8, 4) is 0 Å². The minimum absolute atomic E-state index is 0.434. The van der Waals surface area contributed by atoms with Gasteiger partial charge in [-0.25, -0.2) is 0 Å². The largest absolute Gasteiger partial charge is 0.393 e. The molecular formula is C8H16N2S. The zero-order valence-corrected chi connectivity index (χ0v) is 7.79. The topological polar surface area (TPSA) is 38.0 Å². The fourth-order valence-corrected chi connectivity index (χ4v) is 2.10. The molecule has 0 aromatic heterocycles. The van der Waals surface area contributed by atoms with E-state index in [0.29, 0.717) is 16.9 Å². The smallest absolute Gasteiger partial charge is 0.0774 e. The van der Waals surface area contributed by atoms with Crippen LogP contribution in [0.1, 0.15) is 25.7 Å². The van der Waals surface area contributed by atoms with Gasteiger partial charge in [-0.2, -0.15) is 0 Å². The van der Waals surface area contributed by atoms with Gasteiger partial charge >= 0.3 is 0 Å². The molecule has 0 heterocycles. The normalized spacial score (nSPS) is 31.7. The Hall–Kier alpha value is -0.150. The molecule has 0 bridgehead atoms. The van der Waals surface area contributed by atoms with Crippen LogP contribution in [0.4, 0.5) is 0 Å². The number of nitrogens with one attached hydrogen (secondary N) is 1. The molecule has 1 aliphatic carbocycles. The van der Waals surface area contributed by atoms with Crippen LogP contribution in [-0.4, -0.2) is 18.1 Å². The molecule has 3 heteroatoms. The van der Waals surface area contributed by atoms with Crippen LogP contribution in [-0.2, 0) is 0 Å². The van der Waals surface area contributed by atoms with Gasteiger partial charge < -0.3 is 11.1 Å². The Bertz CT molecular complexity index is 147. The lowest BCUT2D eigenvalue weighted by Crippen LogP contribution is -2.42. The summed E-state index contributed by atoms with van der Waals surface area (Å²) in [6.07, 6.45) is 4.98. The summed E-state index contributed by atoms with van der Waals surface area (Å²) in [5, 5.41) is 3.27. The molecule has 0 amide bonds. The van der Waals surface area contributed by atoms with Crippen LogP contribution >= 0.6 is 12.2 Å². The van der Waals surface area contributed by atoms with E-state index in [1.165, 1.54) is 25.7 Å². The van der Waals surface area contributed by atoms with Gasteiger partial charge in [-0.15, -0.1) is 0 Å². The molecule has 0 aromatic carbocycles. The molecule has 3 N–H and O–H groups in total. The minimum Gasteiger partial charge on any atom is -0.393 e. The molecule has 0 saturated heterocycles. The summed E-state index contributed by atoms with van der Waals surface area (Å²) in [4.78, 5) is 0.684. The zero-order chi connectivity index (χ0) is 8.27. The Balaban J connectivity index is 2.51. The zero-order valence-electron chi connectivity index (χ0n) is 6.97. The standard InChI is InChI=1S/C8H16N2S/c1-10-7-5-3-2-4-6(7)8(9)11/h6-7,10H,2-5H2,1H3,(H2,9,11)/t6-,7-/m0/s1. The van der Waals surface area contributed by atoms with Crippen molar-refractivity contribution < 1.29 is 0 Å². The van der Waals surface area contributed by atoms with E-state index < -0.39 is 0 Å². The van der Waals surface area contributed by atoms with Crippen LogP contribution < -0.4 is 11.1 Å². The number of nitrogens with two attached hydrogens (primary N) is 1. The lowest BCUT2D eigenvalue weighted by atomic mass is 9.84. The molecule has 0 radical (unpaired) electrons. The van der Waals surface area contributed by atoms with E-state index in [9.17, 15) is 0 Å². The number of rotatable bonds is 2. The monoisotopic (exact) mass is 172 g/mol. The van der Waals surface area contributed by atoms with Crippen molar-refractivity contribution in [3.63, 3.8) is 0 Å². The summed E-state index contributed by atoms with van der Waals surface area (Å²) in [5.74, 6) is 0.434. The summed E-state index contributed by atoms with van der Waals surface area (Å²) in [5.41, 5.74) is 5.62. The van der Waals surface area contributed by atoms with Crippen molar-refractivity contribution in [1.82, 2.24) is 5.32 Å². The minimum atomic E-state index is 0.434. The Morgan fingerprint density at radius 3 is 2.55 bits per heavy atom. The van der Waals surface area contributed by atoms with Crippen LogP contribution in [0.15, 0.2) is 0 Å². The molecule has 64 valence electrons. The maximum absolute atomic E-state index is 5.62. The molecule has 0 unspecified atom stereocenters. The molecule has 0 spiro atoms. The van der Waals surface area contributed by atoms with Crippen LogP contribution in [0.2, 0.25) is 0 Å². The van der Waals surface area contributed by atoms with Crippen molar-refractivity contribution in [2.24, 2.45) is 11.7 Å². The summed E-state index contributed by atoms with van der Waals surface area (Å²) in [7, 11) is 1.99. The van der Waals surface area contributed by atoms with E-state index >= 15 is 0 Å². The first-order valence-corrected chi connectivity index (χ1v) is 4.63. The van der Waals surface area contributed by atoms with Crippen molar-refractivity contribution in [2.45, 2.75) is 31.7 Å². The van der Waals surface area contributed by atoms with Crippen molar-refractivity contribution in [3.05, 3.63) is 0 Å². The molecular weight excluding hydrogens is 156 g/mol. The molecule has 1 fully saturated rings. The molecule has 2 atom stereocenters. The van der Waals surface area contributed by atoms with Crippen LogP contribution in [0.3, 0.4) is 0 Å². The lowest BCUT2D eigenvalue weighted by Gasteiger charge is -2.30. The van der Waals surface area contributed by atoms with E-state index in [1.807, 2.05) is 7.05 Å². The van der Waals surface area contributed by atoms with E-state index in [0.717, 1.165) is 0 Å². The third-order valence-electron chi connectivity index (χ3n) is 2.50. The first-order valence-electron chi connectivity index (χ1n) is 4.22. The van der Waals surface area contributed by atoms with E-state index in [-0.39, 0.29) is 0 Å². The average Bonchev–Trinajstić information content (AvgIpc) is 2.04. The van der Waals surface area contributed by atoms with Gasteiger partial charge in [0.25, 0.3) is 0 Å². The first kappa shape index (κ1) is 8.94. The van der Waals surface area contributed by atoms with Crippen LogP contribution in [0.5, 0.6) is 0 Å². The number of hydrogen-bond acceptors (Lipinski definition) is 2. The van der Waals surface area contributed by atoms with Crippen molar-refractivity contribution >= 4 is 17.2 Å². The average molecular weight is 172 g/mol. The Kier molecular flexibility index (Phi) is 3.27. The third kappa shape index (κ3) is 2.14. The molecule has 11 heavy (non-hydrogen) atoms. The Morgan fingerprint density at radius 1 is 1.45 bits per heavy atom.